The van der Waals surface area contributed by atoms with Gasteiger partial charge in [0, 0.05) is 33.7 Å². The molecule has 0 aliphatic carbocycles. The van der Waals surface area contributed by atoms with Gasteiger partial charge in [-0.25, -0.2) is 0 Å². The molecule has 1 fully saturated rings. The largest absolute Gasteiger partial charge is 0.386 e. The minimum Gasteiger partial charge on any atom is -0.386 e. The van der Waals surface area contributed by atoms with Gasteiger partial charge >= 0.3 is 0 Å². The quantitative estimate of drug-likeness (QED) is 0.926. The Morgan fingerprint density at radius 3 is 2.72 bits per heavy atom. The summed E-state index contributed by atoms with van der Waals surface area (Å²) < 4.78 is 1.93. The van der Waals surface area contributed by atoms with Gasteiger partial charge in [-0.2, -0.15) is 28.6 Å². The Bertz CT molecular complexity index is 394. The fourth-order valence-electron chi connectivity index (χ4n) is 2.15. The summed E-state index contributed by atoms with van der Waals surface area (Å²) in [6, 6.07) is 2.24. The zero-order chi connectivity index (χ0) is 13.3. The summed E-state index contributed by atoms with van der Waals surface area (Å²) in [7, 11) is 0. The highest BCUT2D eigenvalue weighted by atomic mass is 32.2. The van der Waals surface area contributed by atoms with Gasteiger partial charge in [0.2, 0.25) is 0 Å². The molecule has 0 bridgehead atoms. The van der Waals surface area contributed by atoms with Crippen LogP contribution in [0.15, 0.2) is 12.3 Å². The van der Waals surface area contributed by atoms with Crippen molar-refractivity contribution in [3.05, 3.63) is 18.0 Å². The summed E-state index contributed by atoms with van der Waals surface area (Å²) in [6.45, 7) is 8.71. The average Bonchev–Trinajstić information content (AvgIpc) is 2.81. The normalized spacial score (nSPS) is 30.7. The lowest BCUT2D eigenvalue weighted by Gasteiger charge is -2.34. The number of rotatable bonds is 3. The number of thioether (sulfide) groups is 2. The monoisotopic (exact) mass is 286 g/mol. The molecule has 3 nitrogen and oxygen atoms in total. The van der Waals surface area contributed by atoms with E-state index in [9.17, 15) is 5.11 Å². The van der Waals surface area contributed by atoms with Gasteiger partial charge in [-0.15, -0.1) is 0 Å². The van der Waals surface area contributed by atoms with Crippen LogP contribution in [0, 0.1) is 0 Å². The molecular formula is C13H22N2OS2. The van der Waals surface area contributed by atoms with Crippen molar-refractivity contribution in [1.82, 2.24) is 9.78 Å². The molecular weight excluding hydrogens is 264 g/mol. The number of aromatic nitrogens is 2. The van der Waals surface area contributed by atoms with E-state index in [-0.39, 0.29) is 5.25 Å². The Kier molecular flexibility index (Phi) is 4.67. The van der Waals surface area contributed by atoms with Gasteiger partial charge in [-0.1, -0.05) is 13.8 Å². The maximum Gasteiger partial charge on any atom is 0.108 e. The summed E-state index contributed by atoms with van der Waals surface area (Å²) in [5.41, 5.74) is 0.949. The van der Waals surface area contributed by atoms with Crippen molar-refractivity contribution < 1.29 is 5.11 Å². The van der Waals surface area contributed by atoms with Crippen molar-refractivity contribution in [1.29, 1.82) is 0 Å². The molecule has 18 heavy (non-hydrogen) atoms. The van der Waals surface area contributed by atoms with Crippen LogP contribution in [0.4, 0.5) is 0 Å². The SMILES string of the molecule is CC1SCC(C(O)c2ccnn2C(C)C)SC1C. The molecule has 0 amide bonds. The fraction of sp³-hybridized carbons (Fsp3) is 0.769. The highest BCUT2D eigenvalue weighted by Crippen LogP contribution is 2.41. The molecule has 0 spiro atoms. The Hall–Kier alpha value is -0.130. The van der Waals surface area contributed by atoms with Gasteiger partial charge in [0.25, 0.3) is 0 Å². The van der Waals surface area contributed by atoms with Gasteiger partial charge in [-0.05, 0) is 19.9 Å². The van der Waals surface area contributed by atoms with E-state index in [1.54, 1.807) is 6.20 Å². The molecule has 2 heterocycles. The molecule has 1 saturated heterocycles. The van der Waals surface area contributed by atoms with Crippen LogP contribution < -0.4 is 0 Å². The van der Waals surface area contributed by atoms with Crippen LogP contribution in [0.3, 0.4) is 0 Å². The molecule has 4 unspecified atom stereocenters. The third-order valence-electron chi connectivity index (χ3n) is 3.42. The maximum absolute atomic E-state index is 10.6. The zero-order valence-corrected chi connectivity index (χ0v) is 13.0. The topological polar surface area (TPSA) is 38.1 Å². The number of hydrogen-bond donors (Lipinski definition) is 1. The van der Waals surface area contributed by atoms with Crippen molar-refractivity contribution >= 4 is 23.5 Å². The van der Waals surface area contributed by atoms with E-state index < -0.39 is 6.10 Å². The van der Waals surface area contributed by atoms with Gasteiger partial charge in [0.15, 0.2) is 0 Å². The molecule has 2 rings (SSSR count). The Labute approximate surface area is 118 Å². The minimum absolute atomic E-state index is 0.274. The molecule has 0 saturated carbocycles. The molecule has 1 aromatic rings. The van der Waals surface area contributed by atoms with Crippen LogP contribution in [0.25, 0.3) is 0 Å². The fourth-order valence-corrected chi connectivity index (χ4v) is 5.14. The second-order valence-electron chi connectivity index (χ2n) is 5.16. The highest BCUT2D eigenvalue weighted by molar-refractivity contribution is 8.07. The zero-order valence-electron chi connectivity index (χ0n) is 11.4. The first-order valence-electron chi connectivity index (χ1n) is 6.49. The first kappa shape index (κ1) is 14.3. The average molecular weight is 286 g/mol. The third kappa shape index (κ3) is 2.89. The second kappa shape index (κ2) is 5.88. The summed E-state index contributed by atoms with van der Waals surface area (Å²) in [5.74, 6) is 1.01. The number of nitrogens with zero attached hydrogens (tertiary/aromatic N) is 2. The molecule has 4 atom stereocenters. The molecule has 1 N–H and O–H groups in total. The summed E-state index contributed by atoms with van der Waals surface area (Å²) in [6.07, 6.45) is 1.37. The van der Waals surface area contributed by atoms with Gasteiger partial charge in [-0.3, -0.25) is 4.68 Å². The lowest BCUT2D eigenvalue weighted by molar-refractivity contribution is 0.166. The van der Waals surface area contributed by atoms with Crippen LogP contribution >= 0.6 is 23.5 Å². The van der Waals surface area contributed by atoms with Gasteiger partial charge < -0.3 is 5.11 Å². The van der Waals surface area contributed by atoms with Crippen LogP contribution in [0.2, 0.25) is 0 Å². The summed E-state index contributed by atoms with van der Waals surface area (Å²) in [5, 5.41) is 16.4. The predicted molar refractivity (Wildman–Crippen MR) is 80.3 cm³/mol. The number of hydrogen-bond acceptors (Lipinski definition) is 4. The molecule has 1 aromatic heterocycles. The standard InChI is InChI=1S/C13H22N2OS2/c1-8(2)15-11(5-6-14-15)13(16)12-7-17-9(3)10(4)18-12/h5-6,8-10,12-13,16H,7H2,1-4H3. The highest BCUT2D eigenvalue weighted by Gasteiger charge is 2.32. The molecule has 1 aliphatic heterocycles. The molecule has 5 heteroatoms. The number of aliphatic hydroxyl groups is 1. The Balaban J connectivity index is 2.11. The van der Waals surface area contributed by atoms with E-state index in [1.807, 2.05) is 34.3 Å². The lowest BCUT2D eigenvalue weighted by Crippen LogP contribution is -2.31. The van der Waals surface area contributed by atoms with Crippen LogP contribution in [-0.4, -0.2) is 36.4 Å². The molecule has 1 aliphatic rings. The Morgan fingerprint density at radius 2 is 2.11 bits per heavy atom. The predicted octanol–water partition coefficient (Wildman–Crippen LogP) is 3.12. The maximum atomic E-state index is 10.6. The first-order valence-corrected chi connectivity index (χ1v) is 8.48. The second-order valence-corrected chi connectivity index (χ2v) is 8.19. The number of aliphatic hydroxyl groups excluding tert-OH is 1. The van der Waals surface area contributed by atoms with E-state index in [1.165, 1.54) is 0 Å². The van der Waals surface area contributed by atoms with Crippen LogP contribution in [0.1, 0.15) is 45.5 Å². The van der Waals surface area contributed by atoms with Crippen molar-refractivity contribution in [2.24, 2.45) is 0 Å². The molecule has 0 radical (unpaired) electrons. The van der Waals surface area contributed by atoms with Gasteiger partial charge in [0.1, 0.15) is 6.10 Å². The summed E-state index contributed by atoms with van der Waals surface area (Å²) >= 11 is 3.87. The van der Waals surface area contributed by atoms with Crippen molar-refractivity contribution in [3.8, 4) is 0 Å². The first-order chi connectivity index (χ1) is 8.50. The van der Waals surface area contributed by atoms with E-state index in [2.05, 4.69) is 32.8 Å². The minimum atomic E-state index is -0.414. The van der Waals surface area contributed by atoms with Crippen molar-refractivity contribution in [3.63, 3.8) is 0 Å². The Morgan fingerprint density at radius 1 is 1.39 bits per heavy atom. The summed E-state index contributed by atoms with van der Waals surface area (Å²) in [4.78, 5) is 0. The van der Waals surface area contributed by atoms with Crippen molar-refractivity contribution in [2.45, 2.75) is 55.6 Å². The van der Waals surface area contributed by atoms with E-state index in [0.29, 0.717) is 16.5 Å². The van der Waals surface area contributed by atoms with E-state index in [4.69, 9.17) is 0 Å². The molecule has 0 aromatic carbocycles. The van der Waals surface area contributed by atoms with Crippen LogP contribution in [-0.2, 0) is 0 Å². The smallest absolute Gasteiger partial charge is 0.108 e. The van der Waals surface area contributed by atoms with Crippen LogP contribution in [0.5, 0.6) is 0 Å². The van der Waals surface area contributed by atoms with Crippen molar-refractivity contribution in [2.75, 3.05) is 5.75 Å². The van der Waals surface area contributed by atoms with E-state index >= 15 is 0 Å². The third-order valence-corrected chi connectivity index (χ3v) is 6.90. The lowest BCUT2D eigenvalue weighted by atomic mass is 10.2. The molecule has 102 valence electrons. The van der Waals surface area contributed by atoms with Gasteiger partial charge in [0.05, 0.1) is 5.69 Å². The van der Waals surface area contributed by atoms with E-state index in [0.717, 1.165) is 11.4 Å².